The largest absolute Gasteiger partial charge is 0.290 e. The zero-order valence-corrected chi connectivity index (χ0v) is 10.1. The Balaban J connectivity index is 2.31. The molecule has 16 heavy (non-hydrogen) atoms. The Morgan fingerprint density at radius 1 is 1.56 bits per heavy atom. The van der Waals surface area contributed by atoms with Crippen molar-refractivity contribution >= 4 is 28.5 Å². The van der Waals surface area contributed by atoms with Crippen LogP contribution in [-0.2, 0) is 0 Å². The minimum atomic E-state index is -0.721. The Bertz CT molecular complexity index is 537. The van der Waals surface area contributed by atoms with E-state index in [-0.39, 0.29) is 5.78 Å². The summed E-state index contributed by atoms with van der Waals surface area (Å²) < 4.78 is 0. The highest BCUT2D eigenvalue weighted by Crippen LogP contribution is 2.25. The van der Waals surface area contributed by atoms with Gasteiger partial charge in [0.1, 0.15) is 11.6 Å². The number of thiazole rings is 1. The Hall–Kier alpha value is -1.51. The minimum Gasteiger partial charge on any atom is -0.290 e. The molecule has 0 aliphatic rings. The van der Waals surface area contributed by atoms with Gasteiger partial charge in [0, 0.05) is 10.3 Å². The molecular formula is C11H8N2OS2. The van der Waals surface area contributed by atoms with Crippen LogP contribution in [0.15, 0.2) is 22.9 Å². The maximum Gasteiger partial charge on any atom is 0.204 e. The maximum atomic E-state index is 12.0. The highest BCUT2D eigenvalue weighted by Gasteiger charge is 2.24. The number of carbonyl (C=O) groups is 1. The van der Waals surface area contributed by atoms with Crippen LogP contribution in [0.4, 0.5) is 0 Å². The summed E-state index contributed by atoms with van der Waals surface area (Å²) in [6, 6.07) is 5.68. The van der Waals surface area contributed by atoms with Gasteiger partial charge in [-0.3, -0.25) is 4.79 Å². The summed E-state index contributed by atoms with van der Waals surface area (Å²) in [4.78, 5) is 16.9. The van der Waals surface area contributed by atoms with Crippen LogP contribution >= 0.6 is 22.7 Å². The molecule has 2 rings (SSSR count). The molecule has 0 fully saturated rings. The van der Waals surface area contributed by atoms with Crippen molar-refractivity contribution in [1.82, 2.24) is 4.98 Å². The second-order valence-corrected chi connectivity index (χ2v) is 5.24. The third-order valence-electron chi connectivity index (χ3n) is 2.09. The number of nitrogens with zero attached hydrogens (tertiary/aromatic N) is 2. The van der Waals surface area contributed by atoms with Crippen LogP contribution in [0, 0.1) is 18.3 Å². The number of thiophene rings is 1. The maximum absolute atomic E-state index is 12.0. The van der Waals surface area contributed by atoms with E-state index in [0.29, 0.717) is 5.69 Å². The lowest BCUT2D eigenvalue weighted by Gasteiger charge is -2.02. The van der Waals surface area contributed by atoms with Gasteiger partial charge in [-0.1, -0.05) is 6.07 Å². The van der Waals surface area contributed by atoms with E-state index < -0.39 is 5.92 Å². The summed E-state index contributed by atoms with van der Waals surface area (Å²) in [6.45, 7) is 1.84. The summed E-state index contributed by atoms with van der Waals surface area (Å²) in [5, 5.41) is 13.5. The monoisotopic (exact) mass is 248 g/mol. The predicted molar refractivity (Wildman–Crippen MR) is 63.9 cm³/mol. The van der Waals surface area contributed by atoms with Gasteiger partial charge in [-0.15, -0.1) is 22.7 Å². The SMILES string of the molecule is Cc1nc(C(=O)C(C#N)c2cccs2)cs1. The lowest BCUT2D eigenvalue weighted by Crippen LogP contribution is -2.10. The number of hydrogen-bond acceptors (Lipinski definition) is 5. The lowest BCUT2D eigenvalue weighted by atomic mass is 10.0. The molecule has 0 N–H and O–H groups in total. The first-order valence-corrected chi connectivity index (χ1v) is 6.37. The van der Waals surface area contributed by atoms with Crippen molar-refractivity contribution in [3.8, 4) is 6.07 Å². The molecule has 2 aromatic heterocycles. The van der Waals surface area contributed by atoms with Crippen molar-refractivity contribution in [1.29, 1.82) is 5.26 Å². The fourth-order valence-electron chi connectivity index (χ4n) is 1.33. The second-order valence-electron chi connectivity index (χ2n) is 3.19. The number of nitriles is 1. The number of carbonyl (C=O) groups excluding carboxylic acids is 1. The van der Waals surface area contributed by atoms with Crippen LogP contribution in [0.1, 0.15) is 26.3 Å². The Morgan fingerprint density at radius 3 is 2.88 bits per heavy atom. The number of aryl methyl sites for hydroxylation is 1. The summed E-state index contributed by atoms with van der Waals surface area (Å²) in [5.74, 6) is -0.934. The number of hydrogen-bond donors (Lipinski definition) is 0. The van der Waals surface area contributed by atoms with E-state index in [1.54, 1.807) is 11.4 Å². The molecule has 2 aromatic rings. The van der Waals surface area contributed by atoms with Crippen molar-refractivity contribution in [2.75, 3.05) is 0 Å². The Labute approximate surface area is 101 Å². The topological polar surface area (TPSA) is 53.8 Å². The molecule has 1 unspecified atom stereocenters. The molecule has 0 amide bonds. The number of Topliss-reactive ketones (excluding diaryl/α,β-unsaturated/α-hetero) is 1. The van der Waals surface area contributed by atoms with Crippen LogP contribution in [0.5, 0.6) is 0 Å². The highest BCUT2D eigenvalue weighted by atomic mass is 32.1. The van der Waals surface area contributed by atoms with Crippen molar-refractivity contribution in [3.63, 3.8) is 0 Å². The zero-order chi connectivity index (χ0) is 11.5. The molecule has 1 atom stereocenters. The fourth-order valence-corrected chi connectivity index (χ4v) is 2.70. The number of ketones is 1. The first-order valence-electron chi connectivity index (χ1n) is 4.61. The number of aromatic nitrogens is 1. The molecule has 0 spiro atoms. The van der Waals surface area contributed by atoms with Gasteiger partial charge in [0.15, 0.2) is 0 Å². The van der Waals surface area contributed by atoms with Crippen molar-refractivity contribution in [3.05, 3.63) is 38.5 Å². The summed E-state index contributed by atoms with van der Waals surface area (Å²) >= 11 is 2.84. The molecule has 0 radical (unpaired) electrons. The molecule has 0 aliphatic heterocycles. The van der Waals surface area contributed by atoms with Crippen molar-refractivity contribution in [2.45, 2.75) is 12.8 Å². The van der Waals surface area contributed by atoms with Crippen LogP contribution in [0.25, 0.3) is 0 Å². The van der Waals surface area contributed by atoms with E-state index in [0.717, 1.165) is 9.88 Å². The molecule has 0 saturated carbocycles. The molecule has 0 aromatic carbocycles. The van der Waals surface area contributed by atoms with Crippen LogP contribution < -0.4 is 0 Å². The smallest absolute Gasteiger partial charge is 0.204 e. The van der Waals surface area contributed by atoms with Crippen molar-refractivity contribution < 1.29 is 4.79 Å². The van der Waals surface area contributed by atoms with E-state index in [1.165, 1.54) is 22.7 Å². The molecule has 2 heterocycles. The summed E-state index contributed by atoms with van der Waals surface area (Å²) in [5.41, 5.74) is 0.391. The number of rotatable bonds is 3. The van der Waals surface area contributed by atoms with Crippen molar-refractivity contribution in [2.24, 2.45) is 0 Å². The average molecular weight is 248 g/mol. The zero-order valence-electron chi connectivity index (χ0n) is 8.51. The normalized spacial score (nSPS) is 12.0. The quantitative estimate of drug-likeness (QED) is 0.784. The summed E-state index contributed by atoms with van der Waals surface area (Å²) in [7, 11) is 0. The van der Waals surface area contributed by atoms with E-state index in [9.17, 15) is 4.79 Å². The minimum absolute atomic E-state index is 0.214. The van der Waals surface area contributed by atoms with Crippen LogP contribution in [-0.4, -0.2) is 10.8 Å². The van der Waals surface area contributed by atoms with Gasteiger partial charge in [-0.25, -0.2) is 4.98 Å². The third kappa shape index (κ3) is 2.03. The second kappa shape index (κ2) is 4.56. The highest BCUT2D eigenvalue weighted by molar-refractivity contribution is 7.10. The van der Waals surface area contributed by atoms with Crippen LogP contribution in [0.3, 0.4) is 0 Å². The molecule has 80 valence electrons. The van der Waals surface area contributed by atoms with Gasteiger partial charge < -0.3 is 0 Å². The Kier molecular flexibility index (Phi) is 3.13. The Morgan fingerprint density at radius 2 is 2.38 bits per heavy atom. The average Bonchev–Trinajstić information content (AvgIpc) is 2.90. The first kappa shape index (κ1) is 11.0. The van der Waals surface area contributed by atoms with Gasteiger partial charge in [-0.05, 0) is 18.4 Å². The standard InChI is InChI=1S/C11H8N2OS2/c1-7-13-9(6-16-7)11(14)8(5-12)10-3-2-4-15-10/h2-4,6,8H,1H3. The van der Waals surface area contributed by atoms with Crippen LogP contribution in [0.2, 0.25) is 0 Å². The molecule has 0 aliphatic carbocycles. The first-order chi connectivity index (χ1) is 7.72. The van der Waals surface area contributed by atoms with Gasteiger partial charge in [0.25, 0.3) is 0 Å². The van der Waals surface area contributed by atoms with E-state index in [1.807, 2.05) is 24.4 Å². The molecule has 0 bridgehead atoms. The van der Waals surface area contributed by atoms with E-state index >= 15 is 0 Å². The lowest BCUT2D eigenvalue weighted by molar-refractivity contribution is 0.0975. The predicted octanol–water partition coefficient (Wildman–Crippen LogP) is 3.00. The summed E-state index contributed by atoms with van der Waals surface area (Å²) in [6.07, 6.45) is 0. The van der Waals surface area contributed by atoms with Gasteiger partial charge in [0.2, 0.25) is 5.78 Å². The van der Waals surface area contributed by atoms with E-state index in [4.69, 9.17) is 5.26 Å². The molecule has 0 saturated heterocycles. The third-order valence-corrected chi connectivity index (χ3v) is 3.80. The van der Waals surface area contributed by atoms with Gasteiger partial charge in [-0.2, -0.15) is 5.26 Å². The fraction of sp³-hybridized carbons (Fsp3) is 0.182. The molecule has 5 heteroatoms. The molecular weight excluding hydrogens is 240 g/mol. The molecule has 3 nitrogen and oxygen atoms in total. The van der Waals surface area contributed by atoms with Gasteiger partial charge >= 0.3 is 0 Å². The van der Waals surface area contributed by atoms with Gasteiger partial charge in [0.05, 0.1) is 11.1 Å². The van der Waals surface area contributed by atoms with E-state index in [2.05, 4.69) is 4.98 Å².